The van der Waals surface area contributed by atoms with Crippen molar-refractivity contribution in [2.75, 3.05) is 24.6 Å². The Labute approximate surface area is 96.6 Å². The zero-order chi connectivity index (χ0) is 10.2. The van der Waals surface area contributed by atoms with Crippen LogP contribution in [0.2, 0.25) is 0 Å². The molecule has 1 fully saturated rings. The molecule has 0 aliphatic carbocycles. The van der Waals surface area contributed by atoms with Crippen molar-refractivity contribution in [1.29, 1.82) is 0 Å². The zero-order valence-electron chi connectivity index (χ0n) is 8.84. The molecule has 1 saturated heterocycles. The van der Waals surface area contributed by atoms with Crippen molar-refractivity contribution in [3.8, 4) is 0 Å². The lowest BCUT2D eigenvalue weighted by atomic mass is 10.0. The van der Waals surface area contributed by atoms with E-state index in [0.717, 1.165) is 30.5 Å². The number of hydrogen-bond acceptors (Lipinski definition) is 2. The van der Waals surface area contributed by atoms with Gasteiger partial charge in [-0.15, -0.1) is 0 Å². The maximum absolute atomic E-state index is 5.16. The first-order chi connectivity index (χ1) is 6.83. The van der Waals surface area contributed by atoms with Crippen LogP contribution in [0, 0.1) is 5.92 Å². The van der Waals surface area contributed by atoms with Gasteiger partial charge >= 0.3 is 0 Å². The Balaban J connectivity index is 2.03. The smallest absolute Gasteiger partial charge is 0.166 e. The Morgan fingerprint density at radius 3 is 2.71 bits per heavy atom. The van der Waals surface area contributed by atoms with Gasteiger partial charge in [-0.2, -0.15) is 11.8 Å². The highest BCUT2D eigenvalue weighted by molar-refractivity contribution is 7.99. The highest BCUT2D eigenvalue weighted by Gasteiger charge is 2.13. The summed E-state index contributed by atoms with van der Waals surface area (Å²) in [6.07, 6.45) is 3.81. The second-order valence-electron chi connectivity index (χ2n) is 3.69. The lowest BCUT2D eigenvalue weighted by molar-refractivity contribution is 0.480. The predicted molar refractivity (Wildman–Crippen MR) is 68.9 cm³/mol. The van der Waals surface area contributed by atoms with E-state index in [9.17, 15) is 0 Å². The van der Waals surface area contributed by atoms with Crippen LogP contribution in [0.15, 0.2) is 0 Å². The van der Waals surface area contributed by atoms with Gasteiger partial charge in [0.25, 0.3) is 0 Å². The maximum Gasteiger partial charge on any atom is 0.166 e. The number of thiocarbonyl (C=S) groups is 1. The Kier molecular flexibility index (Phi) is 6.36. The van der Waals surface area contributed by atoms with E-state index in [0.29, 0.717) is 0 Å². The molecule has 1 aliphatic rings. The molecule has 82 valence electrons. The Bertz CT molecular complexity index is 168. The van der Waals surface area contributed by atoms with Crippen LogP contribution in [-0.4, -0.2) is 29.7 Å². The van der Waals surface area contributed by atoms with Crippen LogP contribution >= 0.6 is 24.0 Å². The lowest BCUT2D eigenvalue weighted by Gasteiger charge is -2.22. The average molecular weight is 232 g/mol. The van der Waals surface area contributed by atoms with Crippen LogP contribution in [0.5, 0.6) is 0 Å². The Morgan fingerprint density at radius 1 is 1.36 bits per heavy atom. The third-order valence-electron chi connectivity index (χ3n) is 2.43. The van der Waals surface area contributed by atoms with Crippen LogP contribution in [0.3, 0.4) is 0 Å². The molecule has 2 N–H and O–H groups in total. The van der Waals surface area contributed by atoms with Gasteiger partial charge in [-0.3, -0.25) is 0 Å². The molecular formula is C10H20N2S2. The van der Waals surface area contributed by atoms with E-state index in [-0.39, 0.29) is 0 Å². The topological polar surface area (TPSA) is 24.1 Å². The van der Waals surface area contributed by atoms with Crippen LogP contribution in [0.25, 0.3) is 0 Å². The van der Waals surface area contributed by atoms with Crippen molar-refractivity contribution in [2.24, 2.45) is 5.92 Å². The monoisotopic (exact) mass is 232 g/mol. The Morgan fingerprint density at radius 2 is 2.07 bits per heavy atom. The second kappa shape index (κ2) is 7.35. The van der Waals surface area contributed by atoms with Crippen LogP contribution < -0.4 is 10.6 Å². The largest absolute Gasteiger partial charge is 0.363 e. The molecule has 0 aromatic heterocycles. The van der Waals surface area contributed by atoms with E-state index < -0.39 is 0 Å². The van der Waals surface area contributed by atoms with Crippen molar-refractivity contribution in [3.05, 3.63) is 0 Å². The predicted octanol–water partition coefficient (Wildman–Crippen LogP) is 2.00. The first kappa shape index (κ1) is 12.1. The van der Waals surface area contributed by atoms with Crippen LogP contribution in [0.4, 0.5) is 0 Å². The number of hydrogen-bond donors (Lipinski definition) is 2. The van der Waals surface area contributed by atoms with Gasteiger partial charge in [-0.25, -0.2) is 0 Å². The first-order valence-corrected chi connectivity index (χ1v) is 6.98. The summed E-state index contributed by atoms with van der Waals surface area (Å²) < 4.78 is 0. The van der Waals surface area contributed by atoms with Gasteiger partial charge in [0.1, 0.15) is 0 Å². The summed E-state index contributed by atoms with van der Waals surface area (Å²) in [6, 6.07) is 0. The molecule has 0 aromatic rings. The van der Waals surface area contributed by atoms with E-state index in [1.165, 1.54) is 24.3 Å². The fourth-order valence-corrected chi connectivity index (χ4v) is 2.88. The molecule has 1 rings (SSSR count). The molecular weight excluding hydrogens is 212 g/mol. The minimum absolute atomic E-state index is 0.824. The molecule has 0 spiro atoms. The molecule has 1 heterocycles. The molecule has 1 aliphatic heterocycles. The van der Waals surface area contributed by atoms with Crippen molar-refractivity contribution in [1.82, 2.24) is 10.6 Å². The summed E-state index contributed by atoms with van der Waals surface area (Å²) >= 11 is 7.23. The summed E-state index contributed by atoms with van der Waals surface area (Å²) in [6.45, 7) is 4.18. The maximum atomic E-state index is 5.16. The average Bonchev–Trinajstić information content (AvgIpc) is 2.25. The zero-order valence-corrected chi connectivity index (χ0v) is 10.5. The van der Waals surface area contributed by atoms with Gasteiger partial charge in [-0.1, -0.05) is 6.92 Å². The van der Waals surface area contributed by atoms with Crippen molar-refractivity contribution < 1.29 is 0 Å². The fourth-order valence-electron chi connectivity index (χ4n) is 1.49. The number of rotatable bonds is 4. The van der Waals surface area contributed by atoms with E-state index in [1.54, 1.807) is 0 Å². The van der Waals surface area contributed by atoms with Gasteiger partial charge in [0.15, 0.2) is 5.11 Å². The molecule has 0 saturated carbocycles. The normalized spacial score (nSPS) is 17.8. The standard InChI is InChI=1S/C10H20N2S2/c1-2-5-11-10(13)12-8-9-3-6-14-7-4-9/h9H,2-8H2,1H3,(H2,11,12,13). The lowest BCUT2D eigenvalue weighted by Crippen LogP contribution is -2.38. The molecule has 0 aromatic carbocycles. The minimum atomic E-state index is 0.824. The van der Waals surface area contributed by atoms with E-state index in [1.807, 2.05) is 0 Å². The first-order valence-electron chi connectivity index (χ1n) is 5.42. The molecule has 0 amide bonds. The fraction of sp³-hybridized carbons (Fsp3) is 0.900. The third-order valence-corrected chi connectivity index (χ3v) is 3.77. The molecule has 0 bridgehead atoms. The quantitative estimate of drug-likeness (QED) is 0.724. The van der Waals surface area contributed by atoms with Crippen molar-refractivity contribution in [3.63, 3.8) is 0 Å². The summed E-state index contributed by atoms with van der Waals surface area (Å²) in [4.78, 5) is 0. The SMILES string of the molecule is CCCNC(=S)NCC1CCSCC1. The summed E-state index contributed by atoms with van der Waals surface area (Å²) in [5, 5.41) is 7.31. The van der Waals surface area contributed by atoms with Crippen molar-refractivity contribution >= 4 is 29.1 Å². The molecule has 14 heavy (non-hydrogen) atoms. The Hall–Kier alpha value is 0.0400. The number of thioether (sulfide) groups is 1. The molecule has 4 heteroatoms. The van der Waals surface area contributed by atoms with Gasteiger partial charge in [-0.05, 0) is 48.9 Å². The van der Waals surface area contributed by atoms with Gasteiger partial charge in [0.05, 0.1) is 0 Å². The molecule has 2 nitrogen and oxygen atoms in total. The van der Waals surface area contributed by atoms with Crippen LogP contribution in [0.1, 0.15) is 26.2 Å². The van der Waals surface area contributed by atoms with Gasteiger partial charge in [0.2, 0.25) is 0 Å². The minimum Gasteiger partial charge on any atom is -0.363 e. The summed E-state index contributed by atoms with van der Waals surface area (Å²) in [5.74, 6) is 3.47. The highest BCUT2D eigenvalue weighted by Crippen LogP contribution is 2.21. The molecule has 0 atom stereocenters. The van der Waals surface area contributed by atoms with Gasteiger partial charge < -0.3 is 10.6 Å². The van der Waals surface area contributed by atoms with Gasteiger partial charge in [0, 0.05) is 13.1 Å². The molecule has 0 unspecified atom stereocenters. The van der Waals surface area contributed by atoms with Crippen molar-refractivity contribution in [2.45, 2.75) is 26.2 Å². The molecule has 0 radical (unpaired) electrons. The van der Waals surface area contributed by atoms with E-state index >= 15 is 0 Å². The highest BCUT2D eigenvalue weighted by atomic mass is 32.2. The second-order valence-corrected chi connectivity index (χ2v) is 5.33. The van der Waals surface area contributed by atoms with Crippen LogP contribution in [-0.2, 0) is 0 Å². The number of nitrogens with one attached hydrogen (secondary N) is 2. The van der Waals surface area contributed by atoms with E-state index in [4.69, 9.17) is 12.2 Å². The van der Waals surface area contributed by atoms with E-state index in [2.05, 4.69) is 29.3 Å². The summed E-state index contributed by atoms with van der Waals surface area (Å²) in [5.41, 5.74) is 0. The summed E-state index contributed by atoms with van der Waals surface area (Å²) in [7, 11) is 0. The third kappa shape index (κ3) is 5.05.